The predicted molar refractivity (Wildman–Crippen MR) is 71.1 cm³/mol. The molecule has 0 saturated carbocycles. The molecule has 0 amide bonds. The van der Waals surface area contributed by atoms with E-state index in [1.54, 1.807) is 18.2 Å². The van der Waals surface area contributed by atoms with Crippen LogP contribution in [0.15, 0.2) is 33.6 Å². The van der Waals surface area contributed by atoms with Gasteiger partial charge in [0.1, 0.15) is 4.90 Å². The highest BCUT2D eigenvalue weighted by molar-refractivity contribution is 7.90. The van der Waals surface area contributed by atoms with Crippen LogP contribution in [0.3, 0.4) is 0 Å². The lowest BCUT2D eigenvalue weighted by atomic mass is 10.1. The van der Waals surface area contributed by atoms with Gasteiger partial charge in [0.2, 0.25) is 0 Å². The summed E-state index contributed by atoms with van der Waals surface area (Å²) in [6, 6.07) is 7.04. The molecule has 0 radical (unpaired) electrons. The monoisotopic (exact) mass is 267 g/mol. The number of sulfonamides is 1. The first kappa shape index (κ1) is 13.0. The topological polar surface area (TPSA) is 75.8 Å². The van der Waals surface area contributed by atoms with Gasteiger partial charge in [0.05, 0.1) is 0 Å². The normalized spacial score (nSPS) is 18.1. The van der Waals surface area contributed by atoms with Crippen molar-refractivity contribution >= 4 is 15.9 Å². The van der Waals surface area contributed by atoms with Gasteiger partial charge in [-0.1, -0.05) is 12.1 Å². The van der Waals surface area contributed by atoms with E-state index in [1.807, 2.05) is 24.9 Å². The third-order valence-electron chi connectivity index (χ3n) is 3.19. The van der Waals surface area contributed by atoms with Crippen LogP contribution in [0.1, 0.15) is 18.9 Å². The first-order valence-electron chi connectivity index (χ1n) is 5.84. The summed E-state index contributed by atoms with van der Waals surface area (Å²) in [5.74, 6) is 0.506. The molecule has 5 nitrogen and oxygen atoms in total. The zero-order valence-electron chi connectivity index (χ0n) is 10.5. The SMILES string of the molecule is CC(CCN)N(C)C1=NS(=O)(=O)c2ccccc21. The minimum atomic E-state index is -3.53. The maximum absolute atomic E-state index is 11.9. The zero-order valence-corrected chi connectivity index (χ0v) is 11.3. The molecule has 0 aliphatic carbocycles. The van der Waals surface area contributed by atoms with E-state index in [9.17, 15) is 8.42 Å². The van der Waals surface area contributed by atoms with Crippen molar-refractivity contribution < 1.29 is 8.42 Å². The lowest BCUT2D eigenvalue weighted by Gasteiger charge is -2.26. The number of rotatable bonds is 3. The second-order valence-electron chi connectivity index (χ2n) is 4.42. The molecule has 1 unspecified atom stereocenters. The molecule has 0 bridgehead atoms. The van der Waals surface area contributed by atoms with Crippen molar-refractivity contribution in [2.45, 2.75) is 24.3 Å². The van der Waals surface area contributed by atoms with Gasteiger partial charge < -0.3 is 10.6 Å². The quantitative estimate of drug-likeness (QED) is 0.879. The van der Waals surface area contributed by atoms with E-state index in [-0.39, 0.29) is 10.9 Å². The Balaban J connectivity index is 2.42. The summed E-state index contributed by atoms with van der Waals surface area (Å²) < 4.78 is 27.7. The molecule has 0 fully saturated rings. The van der Waals surface area contributed by atoms with Crippen LogP contribution in [-0.2, 0) is 10.0 Å². The van der Waals surface area contributed by atoms with Crippen LogP contribution in [0.4, 0.5) is 0 Å². The van der Waals surface area contributed by atoms with Gasteiger partial charge in [0, 0.05) is 18.7 Å². The van der Waals surface area contributed by atoms with E-state index < -0.39 is 10.0 Å². The molecule has 0 spiro atoms. The standard InChI is InChI=1S/C12H17N3O2S/c1-9(7-8-13)15(2)12-10-5-3-4-6-11(10)18(16,17)14-12/h3-6,9H,7-8,13H2,1-2H3. The number of amidine groups is 1. The minimum absolute atomic E-state index is 0.148. The first-order valence-corrected chi connectivity index (χ1v) is 7.28. The highest BCUT2D eigenvalue weighted by Gasteiger charge is 2.31. The van der Waals surface area contributed by atoms with E-state index in [2.05, 4.69) is 4.40 Å². The Labute approximate surface area is 107 Å². The van der Waals surface area contributed by atoms with Crippen molar-refractivity contribution in [1.82, 2.24) is 4.90 Å². The zero-order chi connectivity index (χ0) is 13.3. The van der Waals surface area contributed by atoms with Crippen LogP contribution >= 0.6 is 0 Å². The Hall–Kier alpha value is -1.40. The molecule has 1 aliphatic heterocycles. The predicted octanol–water partition coefficient (Wildman–Crippen LogP) is 0.805. The average molecular weight is 267 g/mol. The number of nitrogens with two attached hydrogens (primary N) is 1. The van der Waals surface area contributed by atoms with Crippen molar-refractivity contribution in [2.75, 3.05) is 13.6 Å². The van der Waals surface area contributed by atoms with Crippen LogP contribution < -0.4 is 5.73 Å². The molecule has 98 valence electrons. The summed E-state index contributed by atoms with van der Waals surface area (Å²) in [6.45, 7) is 2.57. The van der Waals surface area contributed by atoms with Crippen molar-refractivity contribution in [3.05, 3.63) is 29.8 Å². The number of hydrogen-bond acceptors (Lipinski definition) is 4. The lowest BCUT2D eigenvalue weighted by Crippen LogP contribution is -2.36. The summed E-state index contributed by atoms with van der Waals surface area (Å²) in [7, 11) is -1.69. The van der Waals surface area contributed by atoms with Gasteiger partial charge in [-0.25, -0.2) is 0 Å². The fourth-order valence-corrected chi connectivity index (χ4v) is 3.23. The van der Waals surface area contributed by atoms with Crippen LogP contribution in [0, 0.1) is 0 Å². The molecule has 2 N–H and O–H groups in total. The Morgan fingerprint density at radius 1 is 1.39 bits per heavy atom. The Bertz CT molecular complexity index is 581. The molecular weight excluding hydrogens is 250 g/mol. The summed E-state index contributed by atoms with van der Waals surface area (Å²) in [6.07, 6.45) is 0.789. The van der Waals surface area contributed by atoms with Crippen molar-refractivity contribution in [2.24, 2.45) is 10.1 Å². The second kappa shape index (κ2) is 4.70. The highest BCUT2D eigenvalue weighted by atomic mass is 32.2. The molecule has 2 rings (SSSR count). The van der Waals surface area contributed by atoms with Crippen molar-refractivity contribution in [3.63, 3.8) is 0 Å². The number of hydrogen-bond donors (Lipinski definition) is 1. The molecule has 1 heterocycles. The molecule has 0 saturated heterocycles. The van der Waals surface area contributed by atoms with Gasteiger partial charge in [-0.3, -0.25) is 0 Å². The summed E-state index contributed by atoms with van der Waals surface area (Å²) in [5, 5.41) is 0. The Morgan fingerprint density at radius 3 is 2.72 bits per heavy atom. The maximum Gasteiger partial charge on any atom is 0.285 e. The molecule has 1 aromatic rings. The summed E-state index contributed by atoms with van der Waals surface area (Å²) in [4.78, 5) is 2.16. The minimum Gasteiger partial charge on any atom is -0.356 e. The van der Waals surface area contributed by atoms with Gasteiger partial charge in [0.25, 0.3) is 10.0 Å². The van der Waals surface area contributed by atoms with Gasteiger partial charge in [-0.05, 0) is 32.0 Å². The van der Waals surface area contributed by atoms with E-state index in [0.29, 0.717) is 17.9 Å². The highest BCUT2D eigenvalue weighted by Crippen LogP contribution is 2.27. The fourth-order valence-electron chi connectivity index (χ4n) is 1.99. The number of fused-ring (bicyclic) bond motifs is 1. The van der Waals surface area contributed by atoms with Crippen LogP contribution in [0.25, 0.3) is 0 Å². The van der Waals surface area contributed by atoms with E-state index in [0.717, 1.165) is 6.42 Å². The molecule has 1 aromatic carbocycles. The third-order valence-corrected chi connectivity index (χ3v) is 4.52. The summed E-state index contributed by atoms with van der Waals surface area (Å²) >= 11 is 0. The third kappa shape index (κ3) is 2.13. The first-order chi connectivity index (χ1) is 8.47. The van der Waals surface area contributed by atoms with Gasteiger partial charge >= 0.3 is 0 Å². The molecular formula is C12H17N3O2S. The van der Waals surface area contributed by atoms with Crippen LogP contribution in [0.5, 0.6) is 0 Å². The largest absolute Gasteiger partial charge is 0.356 e. The molecule has 0 aromatic heterocycles. The van der Waals surface area contributed by atoms with E-state index >= 15 is 0 Å². The fraction of sp³-hybridized carbons (Fsp3) is 0.417. The lowest BCUT2D eigenvalue weighted by molar-refractivity contribution is 0.375. The van der Waals surface area contributed by atoms with Gasteiger partial charge in [-0.2, -0.15) is 8.42 Å². The molecule has 1 atom stereocenters. The van der Waals surface area contributed by atoms with E-state index in [4.69, 9.17) is 5.73 Å². The van der Waals surface area contributed by atoms with Crippen molar-refractivity contribution in [3.8, 4) is 0 Å². The Kier molecular flexibility index (Phi) is 3.41. The molecule has 6 heteroatoms. The molecule has 18 heavy (non-hydrogen) atoms. The van der Waals surface area contributed by atoms with E-state index in [1.165, 1.54) is 0 Å². The molecule has 1 aliphatic rings. The van der Waals surface area contributed by atoms with Gasteiger partial charge in [-0.15, -0.1) is 4.40 Å². The average Bonchev–Trinajstić information content (AvgIpc) is 2.62. The number of benzene rings is 1. The smallest absolute Gasteiger partial charge is 0.285 e. The Morgan fingerprint density at radius 2 is 2.06 bits per heavy atom. The summed E-state index contributed by atoms with van der Waals surface area (Å²) in [5.41, 5.74) is 6.20. The second-order valence-corrected chi connectivity index (χ2v) is 6.00. The van der Waals surface area contributed by atoms with Crippen LogP contribution in [-0.4, -0.2) is 38.8 Å². The maximum atomic E-state index is 11.9. The van der Waals surface area contributed by atoms with Crippen molar-refractivity contribution in [1.29, 1.82) is 0 Å². The van der Waals surface area contributed by atoms with Crippen LogP contribution in [0.2, 0.25) is 0 Å². The van der Waals surface area contributed by atoms with Gasteiger partial charge in [0.15, 0.2) is 5.84 Å². The number of nitrogens with zero attached hydrogens (tertiary/aromatic N) is 2.